The summed E-state index contributed by atoms with van der Waals surface area (Å²) in [6, 6.07) is 9.67. The first-order valence-corrected chi connectivity index (χ1v) is 6.08. The van der Waals surface area contributed by atoms with Gasteiger partial charge in [-0.25, -0.2) is 4.98 Å². The fourth-order valence-electron chi connectivity index (χ4n) is 1.54. The molecule has 0 saturated heterocycles. The van der Waals surface area contributed by atoms with Crippen molar-refractivity contribution in [3.8, 4) is 5.88 Å². The molecule has 0 aliphatic carbocycles. The zero-order chi connectivity index (χ0) is 12.5. The van der Waals surface area contributed by atoms with E-state index in [-0.39, 0.29) is 12.4 Å². The molecule has 1 N–H and O–H groups in total. The molecule has 0 atom stereocenters. The monoisotopic (exact) mass is 279 g/mol. The highest BCUT2D eigenvalue weighted by atomic mass is 35.5. The van der Waals surface area contributed by atoms with Crippen LogP contribution in [0.4, 0.5) is 0 Å². The summed E-state index contributed by atoms with van der Waals surface area (Å²) in [5.41, 5.74) is 1.20. The second-order valence-corrected chi connectivity index (χ2v) is 3.91. The van der Waals surface area contributed by atoms with Gasteiger partial charge >= 0.3 is 0 Å². The van der Waals surface area contributed by atoms with Gasteiger partial charge in [-0.15, -0.1) is 12.4 Å². The molecule has 0 aliphatic rings. The minimum Gasteiger partial charge on any atom is -0.478 e. The van der Waals surface area contributed by atoms with Crippen LogP contribution in [0, 0.1) is 0 Å². The maximum Gasteiger partial charge on any atom is 0.213 e. The fraction of sp³-hybridized carbons (Fsp3) is 0.286. The van der Waals surface area contributed by atoms with Crippen molar-refractivity contribution in [2.24, 2.45) is 0 Å². The first-order valence-electron chi connectivity index (χ1n) is 6.08. The van der Waals surface area contributed by atoms with Crippen molar-refractivity contribution >= 4 is 12.4 Å². The molecule has 2 rings (SSSR count). The first-order chi connectivity index (χ1) is 8.95. The van der Waals surface area contributed by atoms with E-state index >= 15 is 0 Å². The van der Waals surface area contributed by atoms with Crippen LogP contribution in [0.5, 0.6) is 5.88 Å². The lowest BCUT2D eigenvalue weighted by Gasteiger charge is -2.06. The van der Waals surface area contributed by atoms with Crippen molar-refractivity contribution in [2.45, 2.75) is 13.0 Å². The summed E-state index contributed by atoms with van der Waals surface area (Å²) in [5.74, 6) is 0.685. The lowest BCUT2D eigenvalue weighted by molar-refractivity contribution is 0.296. The number of aromatic nitrogens is 2. The Morgan fingerprint density at radius 2 is 2.05 bits per heavy atom. The number of pyridine rings is 2. The molecule has 0 spiro atoms. The molecule has 102 valence electrons. The van der Waals surface area contributed by atoms with Gasteiger partial charge in [-0.2, -0.15) is 0 Å². The maximum atomic E-state index is 5.49. The molecule has 0 fully saturated rings. The summed E-state index contributed by atoms with van der Waals surface area (Å²) in [4.78, 5) is 8.16. The third kappa shape index (κ3) is 6.18. The molecule has 2 aromatic heterocycles. The van der Waals surface area contributed by atoms with Gasteiger partial charge in [0.25, 0.3) is 0 Å². The molecule has 0 amide bonds. The third-order valence-corrected chi connectivity index (χ3v) is 2.44. The van der Waals surface area contributed by atoms with Crippen LogP contribution in [0.25, 0.3) is 0 Å². The smallest absolute Gasteiger partial charge is 0.213 e. The molecule has 2 aromatic rings. The molecule has 5 heteroatoms. The Balaban J connectivity index is 0.00000180. The maximum absolute atomic E-state index is 5.49. The lowest BCUT2D eigenvalue weighted by atomic mass is 10.3. The Kier molecular flexibility index (Phi) is 7.54. The van der Waals surface area contributed by atoms with E-state index in [9.17, 15) is 0 Å². The van der Waals surface area contributed by atoms with Gasteiger partial charge in [-0.05, 0) is 30.7 Å². The van der Waals surface area contributed by atoms with E-state index in [4.69, 9.17) is 4.74 Å². The zero-order valence-corrected chi connectivity index (χ0v) is 11.5. The highest BCUT2D eigenvalue weighted by Gasteiger charge is 1.94. The minimum absolute atomic E-state index is 0. The molecule has 4 nitrogen and oxygen atoms in total. The predicted molar refractivity (Wildman–Crippen MR) is 77.5 cm³/mol. The van der Waals surface area contributed by atoms with Crippen molar-refractivity contribution in [3.63, 3.8) is 0 Å². The highest BCUT2D eigenvalue weighted by molar-refractivity contribution is 5.85. The molecule has 0 radical (unpaired) electrons. The van der Waals surface area contributed by atoms with Crippen molar-refractivity contribution in [1.82, 2.24) is 15.3 Å². The Morgan fingerprint density at radius 3 is 2.79 bits per heavy atom. The third-order valence-electron chi connectivity index (χ3n) is 2.44. The van der Waals surface area contributed by atoms with E-state index in [2.05, 4.69) is 21.4 Å². The van der Waals surface area contributed by atoms with Crippen molar-refractivity contribution in [2.75, 3.05) is 13.2 Å². The summed E-state index contributed by atoms with van der Waals surface area (Å²) < 4.78 is 5.49. The topological polar surface area (TPSA) is 47.0 Å². The molecule has 0 unspecified atom stereocenters. The molecular formula is C14H18ClN3O. The van der Waals surface area contributed by atoms with Gasteiger partial charge in [0.1, 0.15) is 0 Å². The van der Waals surface area contributed by atoms with E-state index in [0.29, 0.717) is 12.5 Å². The summed E-state index contributed by atoms with van der Waals surface area (Å²) in [5, 5.41) is 3.35. The first kappa shape index (κ1) is 15.4. The Labute approximate surface area is 119 Å². The van der Waals surface area contributed by atoms with E-state index in [0.717, 1.165) is 19.5 Å². The van der Waals surface area contributed by atoms with E-state index < -0.39 is 0 Å². The normalized spacial score (nSPS) is 9.68. The van der Waals surface area contributed by atoms with Crippen LogP contribution < -0.4 is 10.1 Å². The largest absolute Gasteiger partial charge is 0.478 e. The average molecular weight is 280 g/mol. The van der Waals surface area contributed by atoms with Gasteiger partial charge in [0.15, 0.2) is 0 Å². The summed E-state index contributed by atoms with van der Waals surface area (Å²) in [6.07, 6.45) is 6.34. The van der Waals surface area contributed by atoms with Crippen LogP contribution in [0.2, 0.25) is 0 Å². The average Bonchev–Trinajstić information content (AvgIpc) is 2.45. The van der Waals surface area contributed by atoms with Gasteiger partial charge in [-0.1, -0.05) is 12.1 Å². The van der Waals surface area contributed by atoms with Crippen molar-refractivity contribution in [3.05, 3.63) is 54.5 Å². The second kappa shape index (κ2) is 9.30. The van der Waals surface area contributed by atoms with Gasteiger partial charge in [0.2, 0.25) is 5.88 Å². The molecule has 0 bridgehead atoms. The van der Waals surface area contributed by atoms with Crippen LogP contribution in [0.1, 0.15) is 12.0 Å². The molecule has 0 aliphatic heterocycles. The van der Waals surface area contributed by atoms with Gasteiger partial charge in [-0.3, -0.25) is 4.98 Å². The fourth-order valence-corrected chi connectivity index (χ4v) is 1.54. The number of rotatable bonds is 7. The molecule has 2 heterocycles. The molecule has 0 aromatic carbocycles. The van der Waals surface area contributed by atoms with Crippen LogP contribution in [-0.2, 0) is 6.54 Å². The number of hydrogen-bond acceptors (Lipinski definition) is 4. The lowest BCUT2D eigenvalue weighted by Crippen LogP contribution is -2.17. The van der Waals surface area contributed by atoms with E-state index in [1.54, 1.807) is 12.4 Å². The van der Waals surface area contributed by atoms with E-state index in [1.165, 1.54) is 5.56 Å². The summed E-state index contributed by atoms with van der Waals surface area (Å²) in [7, 11) is 0. The minimum atomic E-state index is 0. The molecule has 0 saturated carbocycles. The van der Waals surface area contributed by atoms with Crippen LogP contribution >= 0.6 is 12.4 Å². The number of hydrogen-bond donors (Lipinski definition) is 1. The Bertz CT molecular complexity index is 395. The molecular weight excluding hydrogens is 262 g/mol. The van der Waals surface area contributed by atoms with Gasteiger partial charge in [0, 0.05) is 31.2 Å². The van der Waals surface area contributed by atoms with Gasteiger partial charge in [0.05, 0.1) is 6.61 Å². The number of nitrogens with zero attached hydrogens (tertiary/aromatic N) is 2. The highest BCUT2D eigenvalue weighted by Crippen LogP contribution is 2.03. The number of halogens is 1. The quantitative estimate of drug-likeness (QED) is 0.791. The second-order valence-electron chi connectivity index (χ2n) is 3.91. The summed E-state index contributed by atoms with van der Waals surface area (Å²) in [6.45, 7) is 2.44. The number of ether oxygens (including phenoxy) is 1. The molecule has 19 heavy (non-hydrogen) atoms. The van der Waals surface area contributed by atoms with Crippen molar-refractivity contribution in [1.29, 1.82) is 0 Å². The Morgan fingerprint density at radius 1 is 1.11 bits per heavy atom. The predicted octanol–water partition coefficient (Wildman–Crippen LogP) is 2.46. The van der Waals surface area contributed by atoms with Crippen molar-refractivity contribution < 1.29 is 4.74 Å². The van der Waals surface area contributed by atoms with Gasteiger partial charge < -0.3 is 10.1 Å². The van der Waals surface area contributed by atoms with Crippen LogP contribution in [-0.4, -0.2) is 23.1 Å². The zero-order valence-electron chi connectivity index (χ0n) is 10.7. The van der Waals surface area contributed by atoms with Crippen LogP contribution in [0.3, 0.4) is 0 Å². The van der Waals surface area contributed by atoms with E-state index in [1.807, 2.05) is 30.5 Å². The SMILES string of the molecule is Cl.c1ccc(OCCCNCc2cccnc2)nc1. The standard InChI is InChI=1S/C14H17N3O.ClH/c1-2-9-17-14(6-1)18-10-4-8-16-12-13-5-3-7-15-11-13;/h1-3,5-7,9,11,16H,4,8,10,12H2;1H. The number of nitrogens with one attached hydrogen (secondary N) is 1. The van der Waals surface area contributed by atoms with Crippen LogP contribution in [0.15, 0.2) is 48.9 Å². The summed E-state index contributed by atoms with van der Waals surface area (Å²) >= 11 is 0. The Hall–Kier alpha value is -1.65.